The van der Waals surface area contributed by atoms with Crippen molar-refractivity contribution in [3.63, 3.8) is 0 Å². The van der Waals surface area contributed by atoms with Crippen LogP contribution in [-0.2, 0) is 0 Å². The number of anilines is 1. The Hall–Kier alpha value is -0.650. The van der Waals surface area contributed by atoms with Crippen LogP contribution in [0.25, 0.3) is 0 Å². The second kappa shape index (κ2) is 5.33. The van der Waals surface area contributed by atoms with E-state index in [4.69, 9.17) is 5.73 Å². The van der Waals surface area contributed by atoms with Gasteiger partial charge in [-0.2, -0.15) is 0 Å². The first-order chi connectivity index (χ1) is 8.08. The Labute approximate surface area is 107 Å². The standard InChI is InChI=1S/C12H22N4S/c1-9(13)11-8-17-12(14-11)16-6-4-5-10(16)7-15(2)3/h8-10H,4-7,13H2,1-3H3. The van der Waals surface area contributed by atoms with Crippen molar-refractivity contribution in [3.05, 3.63) is 11.1 Å². The van der Waals surface area contributed by atoms with Crippen molar-refractivity contribution >= 4 is 16.5 Å². The highest BCUT2D eigenvalue weighted by Crippen LogP contribution is 2.29. The van der Waals surface area contributed by atoms with Gasteiger partial charge in [-0.15, -0.1) is 11.3 Å². The predicted molar refractivity (Wildman–Crippen MR) is 73.6 cm³/mol. The summed E-state index contributed by atoms with van der Waals surface area (Å²) in [5, 5.41) is 3.23. The first-order valence-electron chi connectivity index (χ1n) is 6.20. The molecule has 0 aliphatic carbocycles. The summed E-state index contributed by atoms with van der Waals surface area (Å²) < 4.78 is 0. The maximum Gasteiger partial charge on any atom is 0.185 e. The minimum Gasteiger partial charge on any atom is -0.344 e. The fourth-order valence-electron chi connectivity index (χ4n) is 2.32. The van der Waals surface area contributed by atoms with Crippen LogP contribution >= 0.6 is 11.3 Å². The topological polar surface area (TPSA) is 45.4 Å². The third-order valence-electron chi connectivity index (χ3n) is 3.18. The zero-order valence-electron chi connectivity index (χ0n) is 10.9. The van der Waals surface area contributed by atoms with Crippen molar-refractivity contribution in [2.45, 2.75) is 31.8 Å². The lowest BCUT2D eigenvalue weighted by molar-refractivity contribution is 0.372. The average Bonchev–Trinajstić information content (AvgIpc) is 2.83. The number of rotatable bonds is 4. The van der Waals surface area contributed by atoms with Crippen LogP contribution in [0.2, 0.25) is 0 Å². The third-order valence-corrected chi connectivity index (χ3v) is 4.07. The molecule has 0 radical (unpaired) electrons. The zero-order chi connectivity index (χ0) is 12.4. The van der Waals surface area contributed by atoms with Crippen LogP contribution in [0, 0.1) is 0 Å². The van der Waals surface area contributed by atoms with Crippen molar-refractivity contribution in [3.8, 4) is 0 Å². The second-order valence-electron chi connectivity index (χ2n) is 5.10. The number of hydrogen-bond acceptors (Lipinski definition) is 5. The molecular formula is C12H22N4S. The molecule has 0 bridgehead atoms. The van der Waals surface area contributed by atoms with Crippen LogP contribution in [0.1, 0.15) is 31.5 Å². The van der Waals surface area contributed by atoms with Gasteiger partial charge in [-0.1, -0.05) is 0 Å². The molecule has 2 unspecified atom stereocenters. The van der Waals surface area contributed by atoms with Crippen molar-refractivity contribution in [1.82, 2.24) is 9.88 Å². The lowest BCUT2D eigenvalue weighted by Crippen LogP contribution is -2.37. The van der Waals surface area contributed by atoms with E-state index in [9.17, 15) is 0 Å². The highest BCUT2D eigenvalue weighted by atomic mass is 32.1. The molecule has 4 nitrogen and oxygen atoms in total. The maximum absolute atomic E-state index is 5.86. The van der Waals surface area contributed by atoms with Crippen LogP contribution < -0.4 is 10.6 Å². The first-order valence-corrected chi connectivity index (χ1v) is 7.08. The van der Waals surface area contributed by atoms with E-state index in [1.54, 1.807) is 11.3 Å². The van der Waals surface area contributed by atoms with E-state index < -0.39 is 0 Å². The molecule has 0 spiro atoms. The number of nitrogens with zero attached hydrogens (tertiary/aromatic N) is 3. The molecule has 1 aromatic rings. The lowest BCUT2D eigenvalue weighted by atomic mass is 10.2. The van der Waals surface area contributed by atoms with Crippen LogP contribution in [0.4, 0.5) is 5.13 Å². The van der Waals surface area contributed by atoms with Crippen molar-refractivity contribution in [2.75, 3.05) is 32.1 Å². The van der Waals surface area contributed by atoms with Gasteiger partial charge < -0.3 is 15.5 Å². The fourth-order valence-corrected chi connectivity index (χ4v) is 3.34. The highest BCUT2D eigenvalue weighted by Gasteiger charge is 2.27. The molecule has 96 valence electrons. The Bertz CT molecular complexity index is 361. The summed E-state index contributed by atoms with van der Waals surface area (Å²) in [6, 6.07) is 0.645. The van der Waals surface area contributed by atoms with Crippen molar-refractivity contribution in [2.24, 2.45) is 5.73 Å². The van der Waals surface area contributed by atoms with Crippen LogP contribution in [0.5, 0.6) is 0 Å². The summed E-state index contributed by atoms with van der Waals surface area (Å²) in [6.07, 6.45) is 2.54. The van der Waals surface area contributed by atoms with Gasteiger partial charge in [-0.25, -0.2) is 4.98 Å². The Kier molecular flexibility index (Phi) is 4.01. The summed E-state index contributed by atoms with van der Waals surface area (Å²) >= 11 is 1.72. The van der Waals surface area contributed by atoms with Gasteiger partial charge in [-0.05, 0) is 33.9 Å². The molecule has 17 heavy (non-hydrogen) atoms. The first kappa shape index (κ1) is 12.8. The summed E-state index contributed by atoms with van der Waals surface area (Å²) in [4.78, 5) is 9.34. The molecule has 1 fully saturated rings. The molecule has 1 aromatic heterocycles. The predicted octanol–water partition coefficient (Wildman–Crippen LogP) is 1.69. The summed E-state index contributed by atoms with van der Waals surface area (Å²) in [5.74, 6) is 0. The third kappa shape index (κ3) is 2.97. The molecule has 2 heterocycles. The van der Waals surface area contributed by atoms with Gasteiger partial charge in [0, 0.05) is 30.6 Å². The number of thiazole rings is 1. The van der Waals surface area contributed by atoms with E-state index in [1.807, 2.05) is 6.92 Å². The smallest absolute Gasteiger partial charge is 0.185 e. The van der Waals surface area contributed by atoms with Crippen LogP contribution in [0.3, 0.4) is 0 Å². The Morgan fingerprint density at radius 1 is 1.65 bits per heavy atom. The monoisotopic (exact) mass is 254 g/mol. The van der Waals surface area contributed by atoms with Gasteiger partial charge in [0.1, 0.15) is 0 Å². The number of likely N-dealkylation sites (N-methyl/N-ethyl adjacent to an activating group) is 1. The van der Waals surface area contributed by atoms with Crippen molar-refractivity contribution in [1.29, 1.82) is 0 Å². The fraction of sp³-hybridized carbons (Fsp3) is 0.750. The minimum absolute atomic E-state index is 0.0369. The van der Waals surface area contributed by atoms with Crippen molar-refractivity contribution < 1.29 is 0 Å². The molecule has 1 aliphatic heterocycles. The Morgan fingerprint density at radius 2 is 2.41 bits per heavy atom. The maximum atomic E-state index is 5.86. The molecule has 5 heteroatoms. The lowest BCUT2D eigenvalue weighted by Gasteiger charge is -2.26. The summed E-state index contributed by atoms with van der Waals surface area (Å²) in [7, 11) is 4.26. The SMILES string of the molecule is CC(N)c1csc(N2CCCC2CN(C)C)n1. The van der Waals surface area contributed by atoms with Gasteiger partial charge in [0.05, 0.1) is 5.69 Å². The number of nitrogens with two attached hydrogens (primary N) is 1. The molecule has 2 rings (SSSR count). The summed E-state index contributed by atoms with van der Waals surface area (Å²) in [6.45, 7) is 4.22. The molecule has 0 amide bonds. The zero-order valence-corrected chi connectivity index (χ0v) is 11.7. The van der Waals surface area contributed by atoms with Gasteiger partial charge in [0.2, 0.25) is 0 Å². The van der Waals surface area contributed by atoms with Gasteiger partial charge in [-0.3, -0.25) is 0 Å². The van der Waals surface area contributed by atoms with Gasteiger partial charge >= 0.3 is 0 Å². The Balaban J connectivity index is 2.09. The van der Waals surface area contributed by atoms with E-state index >= 15 is 0 Å². The molecule has 1 saturated heterocycles. The van der Waals surface area contributed by atoms with E-state index in [0.717, 1.165) is 23.9 Å². The average molecular weight is 254 g/mol. The number of aromatic nitrogens is 1. The van der Waals surface area contributed by atoms with E-state index in [1.165, 1.54) is 12.8 Å². The minimum atomic E-state index is 0.0369. The quantitative estimate of drug-likeness (QED) is 0.888. The normalized spacial score (nSPS) is 22.4. The molecule has 0 aromatic carbocycles. The second-order valence-corrected chi connectivity index (χ2v) is 5.93. The highest BCUT2D eigenvalue weighted by molar-refractivity contribution is 7.13. The molecule has 2 atom stereocenters. The molecule has 2 N–H and O–H groups in total. The largest absolute Gasteiger partial charge is 0.344 e. The summed E-state index contributed by atoms with van der Waals surface area (Å²) in [5.41, 5.74) is 6.87. The number of hydrogen-bond donors (Lipinski definition) is 1. The molecule has 0 saturated carbocycles. The van der Waals surface area contributed by atoms with E-state index in [-0.39, 0.29) is 6.04 Å². The molecule has 1 aliphatic rings. The van der Waals surface area contributed by atoms with Crippen LogP contribution in [0.15, 0.2) is 5.38 Å². The van der Waals surface area contributed by atoms with Crippen LogP contribution in [-0.4, -0.2) is 43.1 Å². The molecular weight excluding hydrogens is 232 g/mol. The van der Waals surface area contributed by atoms with E-state index in [0.29, 0.717) is 6.04 Å². The van der Waals surface area contributed by atoms with E-state index in [2.05, 4.69) is 34.3 Å². The Morgan fingerprint density at radius 3 is 3.00 bits per heavy atom. The van der Waals surface area contributed by atoms with Gasteiger partial charge in [0.25, 0.3) is 0 Å². The van der Waals surface area contributed by atoms with Gasteiger partial charge in [0.15, 0.2) is 5.13 Å².